The van der Waals surface area contributed by atoms with E-state index in [0.29, 0.717) is 0 Å². The molecule has 8 nitrogen and oxygen atoms in total. The number of nitrogens with zero attached hydrogens (tertiary/aromatic N) is 4. The van der Waals surface area contributed by atoms with E-state index in [1.807, 2.05) is 0 Å². The van der Waals surface area contributed by atoms with Gasteiger partial charge in [-0.15, -0.1) is 5.10 Å². The van der Waals surface area contributed by atoms with Gasteiger partial charge in [0.2, 0.25) is 5.82 Å². The highest BCUT2D eigenvalue weighted by molar-refractivity contribution is 5.34. The summed E-state index contributed by atoms with van der Waals surface area (Å²) in [5.41, 5.74) is -1.07. The van der Waals surface area contributed by atoms with Gasteiger partial charge in [-0.2, -0.15) is 0 Å². The van der Waals surface area contributed by atoms with Crippen molar-refractivity contribution in [3.05, 3.63) is 20.8 Å². The topological polar surface area (TPSA) is 101 Å². The van der Waals surface area contributed by atoms with Crippen LogP contribution in [-0.2, 0) is 14.1 Å². The van der Waals surface area contributed by atoms with Crippen LogP contribution in [0.15, 0.2) is 9.59 Å². The standard InChI is InChI=1S/C9H16N4O4/c1-11-8(16)7(10-12(2)9(11)17)13(3-5-14)4-6-15/h14-15H,3-6H2,1-2H3. The van der Waals surface area contributed by atoms with Crippen molar-refractivity contribution >= 4 is 5.82 Å². The summed E-state index contributed by atoms with van der Waals surface area (Å²) < 4.78 is 1.97. The molecule has 1 aromatic rings. The Kier molecular flexibility index (Phi) is 4.41. The maximum atomic E-state index is 11.8. The molecular weight excluding hydrogens is 228 g/mol. The third kappa shape index (κ3) is 2.71. The van der Waals surface area contributed by atoms with Gasteiger partial charge in [0.05, 0.1) is 13.2 Å². The summed E-state index contributed by atoms with van der Waals surface area (Å²) in [4.78, 5) is 24.7. The van der Waals surface area contributed by atoms with E-state index in [4.69, 9.17) is 10.2 Å². The van der Waals surface area contributed by atoms with E-state index < -0.39 is 11.2 Å². The Morgan fingerprint density at radius 3 is 2.18 bits per heavy atom. The largest absolute Gasteiger partial charge is 0.395 e. The summed E-state index contributed by atoms with van der Waals surface area (Å²) >= 11 is 0. The van der Waals surface area contributed by atoms with Crippen LogP contribution in [-0.4, -0.2) is 50.9 Å². The van der Waals surface area contributed by atoms with Gasteiger partial charge in [0, 0.05) is 27.2 Å². The van der Waals surface area contributed by atoms with Gasteiger partial charge in [-0.1, -0.05) is 0 Å². The minimum Gasteiger partial charge on any atom is -0.395 e. The van der Waals surface area contributed by atoms with Crippen molar-refractivity contribution in [3.63, 3.8) is 0 Å². The quantitative estimate of drug-likeness (QED) is 0.583. The van der Waals surface area contributed by atoms with Crippen LogP contribution in [0.25, 0.3) is 0 Å². The molecule has 0 unspecified atom stereocenters. The fourth-order valence-electron chi connectivity index (χ4n) is 1.45. The zero-order chi connectivity index (χ0) is 13.0. The number of aliphatic hydroxyl groups is 2. The molecule has 0 saturated heterocycles. The Balaban J connectivity index is 3.29. The number of hydrogen-bond donors (Lipinski definition) is 2. The second-order valence-electron chi connectivity index (χ2n) is 3.53. The van der Waals surface area contributed by atoms with Crippen LogP contribution < -0.4 is 16.1 Å². The number of rotatable bonds is 5. The van der Waals surface area contributed by atoms with Crippen molar-refractivity contribution in [3.8, 4) is 0 Å². The molecule has 1 rings (SSSR count). The average molecular weight is 244 g/mol. The van der Waals surface area contributed by atoms with Crippen molar-refractivity contribution in [1.82, 2.24) is 14.3 Å². The Morgan fingerprint density at radius 2 is 1.71 bits per heavy atom. The predicted octanol–water partition coefficient (Wildman–Crippen LogP) is -2.73. The van der Waals surface area contributed by atoms with Crippen LogP contribution >= 0.6 is 0 Å². The first-order valence-corrected chi connectivity index (χ1v) is 5.14. The smallest absolute Gasteiger partial charge is 0.346 e. The van der Waals surface area contributed by atoms with E-state index in [9.17, 15) is 9.59 Å². The highest BCUT2D eigenvalue weighted by atomic mass is 16.3. The maximum absolute atomic E-state index is 11.8. The van der Waals surface area contributed by atoms with Crippen LogP contribution in [0.1, 0.15) is 0 Å². The molecule has 0 amide bonds. The van der Waals surface area contributed by atoms with E-state index in [0.717, 1.165) is 9.25 Å². The molecule has 0 radical (unpaired) electrons. The van der Waals surface area contributed by atoms with Gasteiger partial charge in [0.1, 0.15) is 0 Å². The van der Waals surface area contributed by atoms with Crippen molar-refractivity contribution < 1.29 is 10.2 Å². The van der Waals surface area contributed by atoms with Crippen LogP contribution in [0, 0.1) is 0 Å². The summed E-state index contributed by atoms with van der Waals surface area (Å²) in [5.74, 6) is 0.0395. The van der Waals surface area contributed by atoms with Crippen molar-refractivity contribution in [2.24, 2.45) is 14.1 Å². The van der Waals surface area contributed by atoms with E-state index in [1.165, 1.54) is 19.0 Å². The second-order valence-corrected chi connectivity index (χ2v) is 3.53. The summed E-state index contributed by atoms with van der Waals surface area (Å²) in [6.45, 7) is -0.0106. The number of hydrogen-bond acceptors (Lipinski definition) is 6. The first-order chi connectivity index (χ1) is 8.02. The molecule has 0 saturated carbocycles. The monoisotopic (exact) mass is 244 g/mol. The Morgan fingerprint density at radius 1 is 1.18 bits per heavy atom. The third-order valence-electron chi connectivity index (χ3n) is 2.34. The molecule has 0 aliphatic carbocycles. The molecular formula is C9H16N4O4. The van der Waals surface area contributed by atoms with Gasteiger partial charge in [-0.3, -0.25) is 9.36 Å². The molecule has 96 valence electrons. The number of aryl methyl sites for hydroxylation is 1. The summed E-state index contributed by atoms with van der Waals surface area (Å²) in [7, 11) is 2.78. The molecule has 0 aliphatic rings. The van der Waals surface area contributed by atoms with Crippen LogP contribution in [0.4, 0.5) is 5.82 Å². The van der Waals surface area contributed by atoms with E-state index >= 15 is 0 Å². The van der Waals surface area contributed by atoms with E-state index in [2.05, 4.69) is 5.10 Å². The highest BCUT2D eigenvalue weighted by Gasteiger charge is 2.15. The van der Waals surface area contributed by atoms with Gasteiger partial charge in [0.25, 0.3) is 5.56 Å². The lowest BCUT2D eigenvalue weighted by molar-refractivity contribution is 0.280. The number of anilines is 1. The zero-order valence-electron chi connectivity index (χ0n) is 9.83. The van der Waals surface area contributed by atoms with Crippen molar-refractivity contribution in [2.45, 2.75) is 0 Å². The molecule has 0 spiro atoms. The molecule has 1 aromatic heterocycles. The number of aromatic nitrogens is 3. The summed E-state index contributed by atoms with van der Waals surface area (Å²) in [6.07, 6.45) is 0. The number of aliphatic hydroxyl groups excluding tert-OH is 2. The minimum absolute atomic E-state index is 0.0395. The molecule has 0 aliphatic heterocycles. The average Bonchev–Trinajstić information content (AvgIpc) is 2.31. The van der Waals surface area contributed by atoms with Gasteiger partial charge in [0.15, 0.2) is 0 Å². The van der Waals surface area contributed by atoms with Crippen molar-refractivity contribution in [2.75, 3.05) is 31.2 Å². The molecule has 0 bridgehead atoms. The van der Waals surface area contributed by atoms with Crippen molar-refractivity contribution in [1.29, 1.82) is 0 Å². The maximum Gasteiger partial charge on any atom is 0.346 e. The second kappa shape index (κ2) is 5.60. The molecule has 1 heterocycles. The molecule has 17 heavy (non-hydrogen) atoms. The zero-order valence-corrected chi connectivity index (χ0v) is 9.83. The Labute approximate surface area is 97.3 Å². The van der Waals surface area contributed by atoms with Crippen LogP contribution in [0.5, 0.6) is 0 Å². The normalized spacial score (nSPS) is 10.6. The predicted molar refractivity (Wildman–Crippen MR) is 61.1 cm³/mol. The van der Waals surface area contributed by atoms with Gasteiger partial charge < -0.3 is 15.1 Å². The van der Waals surface area contributed by atoms with Gasteiger partial charge >= 0.3 is 5.69 Å². The molecule has 0 fully saturated rings. The van der Waals surface area contributed by atoms with Crippen LogP contribution in [0.3, 0.4) is 0 Å². The Bertz CT molecular complexity index is 487. The molecule has 0 atom stereocenters. The van der Waals surface area contributed by atoms with E-state index in [-0.39, 0.29) is 32.1 Å². The minimum atomic E-state index is -0.546. The first kappa shape index (κ1) is 13.4. The van der Waals surface area contributed by atoms with Crippen LogP contribution in [0.2, 0.25) is 0 Å². The van der Waals surface area contributed by atoms with E-state index in [1.54, 1.807) is 0 Å². The summed E-state index contributed by atoms with van der Waals surface area (Å²) in [6, 6.07) is 0. The SMILES string of the molecule is Cn1nc(N(CCO)CCO)c(=O)n(C)c1=O. The first-order valence-electron chi connectivity index (χ1n) is 5.14. The molecule has 2 N–H and O–H groups in total. The Hall–Kier alpha value is -1.67. The third-order valence-corrected chi connectivity index (χ3v) is 2.34. The highest BCUT2D eigenvalue weighted by Crippen LogP contribution is 2.00. The lowest BCUT2D eigenvalue weighted by atomic mass is 10.4. The lowest BCUT2D eigenvalue weighted by Gasteiger charge is -2.21. The van der Waals surface area contributed by atoms with Gasteiger partial charge in [-0.05, 0) is 0 Å². The summed E-state index contributed by atoms with van der Waals surface area (Å²) in [5, 5.41) is 21.6. The molecule has 8 heteroatoms. The molecule has 0 aromatic carbocycles. The lowest BCUT2D eigenvalue weighted by Crippen LogP contribution is -2.44. The fourth-order valence-corrected chi connectivity index (χ4v) is 1.45. The van der Waals surface area contributed by atoms with Gasteiger partial charge in [-0.25, -0.2) is 9.48 Å². The fraction of sp³-hybridized carbons (Fsp3) is 0.667.